The first-order chi connectivity index (χ1) is 4.99. The SMILES string of the molecule is CS(=O)(=O)CC(O)C1CCC1. The third-order valence-electron chi connectivity index (χ3n) is 2.17. The van der Waals surface area contributed by atoms with E-state index in [1.807, 2.05) is 0 Å². The quantitative estimate of drug-likeness (QED) is 0.671. The minimum Gasteiger partial charge on any atom is -0.392 e. The van der Waals surface area contributed by atoms with Crippen molar-refractivity contribution in [2.45, 2.75) is 25.4 Å². The fourth-order valence-electron chi connectivity index (χ4n) is 1.27. The number of aliphatic hydroxyl groups is 1. The number of hydrogen-bond donors (Lipinski definition) is 1. The molecule has 0 bridgehead atoms. The van der Waals surface area contributed by atoms with Crippen molar-refractivity contribution in [1.82, 2.24) is 0 Å². The first kappa shape index (κ1) is 9.00. The second kappa shape index (κ2) is 3.11. The summed E-state index contributed by atoms with van der Waals surface area (Å²) < 4.78 is 21.5. The summed E-state index contributed by atoms with van der Waals surface area (Å²) in [5.74, 6) is 0.169. The normalized spacial score (nSPS) is 22.7. The van der Waals surface area contributed by atoms with Gasteiger partial charge in [-0.3, -0.25) is 0 Å². The van der Waals surface area contributed by atoms with E-state index < -0.39 is 15.9 Å². The molecule has 4 heteroatoms. The van der Waals surface area contributed by atoms with Crippen LogP contribution in [-0.4, -0.2) is 31.6 Å². The van der Waals surface area contributed by atoms with Crippen molar-refractivity contribution in [3.63, 3.8) is 0 Å². The Bertz CT molecular complexity index is 216. The van der Waals surface area contributed by atoms with Crippen LogP contribution in [-0.2, 0) is 9.84 Å². The minimum atomic E-state index is -2.99. The second-order valence-corrected chi connectivity index (χ2v) is 5.54. The lowest BCUT2D eigenvalue weighted by atomic mass is 9.82. The Labute approximate surface area is 67.3 Å². The maximum Gasteiger partial charge on any atom is 0.150 e. The van der Waals surface area contributed by atoms with Gasteiger partial charge in [-0.15, -0.1) is 0 Å². The summed E-state index contributed by atoms with van der Waals surface area (Å²) in [6.07, 6.45) is 3.63. The van der Waals surface area contributed by atoms with Gasteiger partial charge in [0.2, 0.25) is 0 Å². The molecule has 0 aliphatic heterocycles. The molecule has 1 N–H and O–H groups in total. The molecule has 1 unspecified atom stereocenters. The second-order valence-electron chi connectivity index (χ2n) is 3.35. The standard InChI is InChI=1S/C7H14O3S/c1-11(9,10)5-7(8)6-3-2-4-6/h6-8H,2-5H2,1H3. The Hall–Kier alpha value is -0.0900. The molecule has 0 aromatic heterocycles. The molecule has 0 saturated heterocycles. The summed E-state index contributed by atoms with van der Waals surface area (Å²) >= 11 is 0. The Morgan fingerprint density at radius 1 is 1.55 bits per heavy atom. The number of hydrogen-bond acceptors (Lipinski definition) is 3. The zero-order valence-electron chi connectivity index (χ0n) is 6.66. The zero-order valence-corrected chi connectivity index (χ0v) is 7.47. The highest BCUT2D eigenvalue weighted by molar-refractivity contribution is 7.90. The zero-order chi connectivity index (χ0) is 8.48. The largest absolute Gasteiger partial charge is 0.392 e. The summed E-state index contributed by atoms with van der Waals surface area (Å²) in [6, 6.07) is 0. The third-order valence-corrected chi connectivity index (χ3v) is 3.11. The third kappa shape index (κ3) is 2.79. The average Bonchev–Trinajstić information content (AvgIpc) is 1.50. The maximum atomic E-state index is 10.7. The lowest BCUT2D eigenvalue weighted by Gasteiger charge is -2.29. The van der Waals surface area contributed by atoms with Crippen molar-refractivity contribution in [2.24, 2.45) is 5.92 Å². The molecule has 0 radical (unpaired) electrons. The van der Waals surface area contributed by atoms with E-state index >= 15 is 0 Å². The summed E-state index contributed by atoms with van der Waals surface area (Å²) in [5.41, 5.74) is 0. The van der Waals surface area contributed by atoms with Crippen LogP contribution in [0.5, 0.6) is 0 Å². The van der Waals surface area contributed by atoms with Crippen LogP contribution in [0, 0.1) is 5.92 Å². The van der Waals surface area contributed by atoms with Crippen LogP contribution in [0.4, 0.5) is 0 Å². The molecule has 0 spiro atoms. The van der Waals surface area contributed by atoms with E-state index in [-0.39, 0.29) is 11.7 Å². The number of aliphatic hydroxyl groups excluding tert-OH is 1. The van der Waals surface area contributed by atoms with E-state index in [1.165, 1.54) is 0 Å². The van der Waals surface area contributed by atoms with Crippen molar-refractivity contribution >= 4 is 9.84 Å². The van der Waals surface area contributed by atoms with Crippen LogP contribution in [0.1, 0.15) is 19.3 Å². The number of rotatable bonds is 3. The van der Waals surface area contributed by atoms with Gasteiger partial charge >= 0.3 is 0 Å². The van der Waals surface area contributed by atoms with Crippen molar-refractivity contribution < 1.29 is 13.5 Å². The first-order valence-electron chi connectivity index (χ1n) is 3.85. The van der Waals surface area contributed by atoms with Gasteiger partial charge in [-0.1, -0.05) is 6.42 Å². The Morgan fingerprint density at radius 2 is 2.09 bits per heavy atom. The molecule has 1 saturated carbocycles. The van der Waals surface area contributed by atoms with Gasteiger partial charge in [0.1, 0.15) is 9.84 Å². The number of sulfone groups is 1. The van der Waals surface area contributed by atoms with Crippen LogP contribution in [0.15, 0.2) is 0 Å². The molecule has 0 heterocycles. The van der Waals surface area contributed by atoms with E-state index in [1.54, 1.807) is 0 Å². The van der Waals surface area contributed by atoms with E-state index in [2.05, 4.69) is 0 Å². The van der Waals surface area contributed by atoms with Crippen LogP contribution in [0.2, 0.25) is 0 Å². The monoisotopic (exact) mass is 178 g/mol. The van der Waals surface area contributed by atoms with Gasteiger partial charge in [0.05, 0.1) is 11.9 Å². The van der Waals surface area contributed by atoms with Crippen molar-refractivity contribution in [3.8, 4) is 0 Å². The van der Waals surface area contributed by atoms with Crippen LogP contribution >= 0.6 is 0 Å². The summed E-state index contributed by atoms with van der Waals surface area (Å²) in [6.45, 7) is 0. The highest BCUT2D eigenvalue weighted by atomic mass is 32.2. The van der Waals surface area contributed by atoms with E-state index in [0.717, 1.165) is 25.5 Å². The van der Waals surface area contributed by atoms with Gasteiger partial charge in [-0.05, 0) is 18.8 Å². The molecule has 0 amide bonds. The summed E-state index contributed by atoms with van der Waals surface area (Å²) in [7, 11) is -2.99. The van der Waals surface area contributed by atoms with Crippen molar-refractivity contribution in [3.05, 3.63) is 0 Å². The Morgan fingerprint density at radius 3 is 2.36 bits per heavy atom. The fourth-order valence-corrected chi connectivity index (χ4v) is 2.16. The molecule has 1 rings (SSSR count). The summed E-state index contributed by atoms with van der Waals surface area (Å²) in [4.78, 5) is 0. The lowest BCUT2D eigenvalue weighted by molar-refractivity contribution is 0.0804. The van der Waals surface area contributed by atoms with Gasteiger partial charge in [0.25, 0.3) is 0 Å². The van der Waals surface area contributed by atoms with E-state index in [0.29, 0.717) is 0 Å². The van der Waals surface area contributed by atoms with Crippen molar-refractivity contribution in [2.75, 3.05) is 12.0 Å². The van der Waals surface area contributed by atoms with Crippen molar-refractivity contribution in [1.29, 1.82) is 0 Å². The molecule has 3 nitrogen and oxygen atoms in total. The van der Waals surface area contributed by atoms with E-state index in [4.69, 9.17) is 0 Å². The van der Waals surface area contributed by atoms with Gasteiger partial charge in [-0.2, -0.15) is 0 Å². The van der Waals surface area contributed by atoms with E-state index in [9.17, 15) is 13.5 Å². The predicted octanol–water partition coefficient (Wildman–Crippen LogP) is 0.192. The lowest BCUT2D eigenvalue weighted by Crippen LogP contribution is -2.32. The van der Waals surface area contributed by atoms with Crippen LogP contribution in [0.3, 0.4) is 0 Å². The van der Waals surface area contributed by atoms with Gasteiger partial charge in [0, 0.05) is 6.26 Å². The molecule has 1 atom stereocenters. The molecule has 11 heavy (non-hydrogen) atoms. The molecular weight excluding hydrogens is 164 g/mol. The highest BCUT2D eigenvalue weighted by Crippen LogP contribution is 2.29. The molecule has 0 aromatic rings. The van der Waals surface area contributed by atoms with Gasteiger partial charge in [0.15, 0.2) is 0 Å². The molecular formula is C7H14O3S. The highest BCUT2D eigenvalue weighted by Gasteiger charge is 2.27. The van der Waals surface area contributed by atoms with Crippen LogP contribution in [0.25, 0.3) is 0 Å². The molecule has 1 fully saturated rings. The molecule has 1 aliphatic rings. The topological polar surface area (TPSA) is 54.4 Å². The first-order valence-corrected chi connectivity index (χ1v) is 5.91. The summed E-state index contributed by atoms with van der Waals surface area (Å²) in [5, 5.41) is 9.33. The molecule has 66 valence electrons. The smallest absolute Gasteiger partial charge is 0.150 e. The fraction of sp³-hybridized carbons (Fsp3) is 1.00. The predicted molar refractivity (Wildman–Crippen MR) is 43.1 cm³/mol. The maximum absolute atomic E-state index is 10.7. The van der Waals surface area contributed by atoms with Gasteiger partial charge < -0.3 is 5.11 Å². The van der Waals surface area contributed by atoms with Crippen LogP contribution < -0.4 is 0 Å². The molecule has 1 aliphatic carbocycles. The Kier molecular flexibility index (Phi) is 2.54. The minimum absolute atomic E-state index is 0.0718. The van der Waals surface area contributed by atoms with Gasteiger partial charge in [-0.25, -0.2) is 8.42 Å². The molecule has 0 aromatic carbocycles. The average molecular weight is 178 g/mol. The Balaban J connectivity index is 2.36.